The van der Waals surface area contributed by atoms with Crippen LogP contribution < -0.4 is 10.6 Å². The Morgan fingerprint density at radius 1 is 1.20 bits per heavy atom. The summed E-state index contributed by atoms with van der Waals surface area (Å²) in [7, 11) is 1.85. The summed E-state index contributed by atoms with van der Waals surface area (Å²) in [6, 6.07) is 0.645. The molecule has 20 heavy (non-hydrogen) atoms. The molecule has 2 bridgehead atoms. The predicted molar refractivity (Wildman–Crippen MR) is 96.0 cm³/mol. The fourth-order valence-electron chi connectivity index (χ4n) is 2.83. The fraction of sp³-hybridized carbons (Fsp3) is 0.929. The van der Waals surface area contributed by atoms with Crippen molar-refractivity contribution in [1.29, 1.82) is 0 Å². The Bertz CT molecular complexity index is 300. The molecule has 0 aromatic heterocycles. The Morgan fingerprint density at radius 2 is 1.90 bits per heavy atom. The maximum Gasteiger partial charge on any atom is 0.191 e. The molecule has 0 amide bonds. The number of fused-ring (bicyclic) bond motifs is 3. The second-order valence-corrected chi connectivity index (χ2v) is 6.05. The van der Waals surface area contributed by atoms with Crippen LogP contribution >= 0.6 is 24.0 Å². The number of halogens is 1. The van der Waals surface area contributed by atoms with Crippen LogP contribution in [-0.2, 0) is 0 Å². The van der Waals surface area contributed by atoms with E-state index in [1.165, 1.54) is 39.1 Å². The van der Waals surface area contributed by atoms with Gasteiger partial charge in [0.15, 0.2) is 5.96 Å². The largest absolute Gasteiger partial charge is 0.356 e. The van der Waals surface area contributed by atoms with E-state index < -0.39 is 0 Å². The molecule has 2 N–H and O–H groups in total. The molecule has 5 nitrogen and oxygen atoms in total. The lowest BCUT2D eigenvalue weighted by Gasteiger charge is -2.47. The Hall–Kier alpha value is -0.0800. The highest BCUT2D eigenvalue weighted by Crippen LogP contribution is 2.14. The number of guanidine groups is 1. The standard InChI is InChI=1S/C14H29N5.HI/c1-12(2)4-5-16-14(15-3)17-10-13-11-18-6-8-19(13)9-7-18;/h12-13H,4-11H2,1-3H3,(H2,15,16,17);1H. The van der Waals surface area contributed by atoms with E-state index in [4.69, 9.17) is 0 Å². The van der Waals surface area contributed by atoms with Crippen molar-refractivity contribution in [2.75, 3.05) is 52.9 Å². The van der Waals surface area contributed by atoms with Gasteiger partial charge < -0.3 is 10.6 Å². The molecule has 1 unspecified atom stereocenters. The van der Waals surface area contributed by atoms with Gasteiger partial charge in [-0.05, 0) is 12.3 Å². The van der Waals surface area contributed by atoms with E-state index in [1.807, 2.05) is 7.05 Å². The summed E-state index contributed by atoms with van der Waals surface area (Å²) in [6.07, 6.45) is 1.18. The summed E-state index contributed by atoms with van der Waals surface area (Å²) in [4.78, 5) is 9.47. The lowest BCUT2D eigenvalue weighted by atomic mass is 10.1. The van der Waals surface area contributed by atoms with E-state index in [9.17, 15) is 0 Å². The highest BCUT2D eigenvalue weighted by Gasteiger charge is 2.31. The zero-order chi connectivity index (χ0) is 13.7. The van der Waals surface area contributed by atoms with Gasteiger partial charge in [0.25, 0.3) is 0 Å². The Morgan fingerprint density at radius 3 is 2.40 bits per heavy atom. The zero-order valence-corrected chi connectivity index (χ0v) is 15.4. The second kappa shape index (κ2) is 9.04. The summed E-state index contributed by atoms with van der Waals surface area (Å²) in [5, 5.41) is 6.86. The average molecular weight is 395 g/mol. The van der Waals surface area contributed by atoms with Gasteiger partial charge in [-0.25, -0.2) is 0 Å². The van der Waals surface area contributed by atoms with Crippen molar-refractivity contribution in [3.05, 3.63) is 0 Å². The molecule has 3 rings (SSSR count). The molecule has 3 aliphatic rings. The van der Waals surface area contributed by atoms with Crippen molar-refractivity contribution in [3.8, 4) is 0 Å². The first-order valence-electron chi connectivity index (χ1n) is 7.60. The van der Waals surface area contributed by atoms with Crippen LogP contribution in [0.5, 0.6) is 0 Å². The molecule has 0 aromatic rings. The van der Waals surface area contributed by atoms with Crippen molar-refractivity contribution >= 4 is 29.9 Å². The molecule has 118 valence electrons. The monoisotopic (exact) mass is 395 g/mol. The van der Waals surface area contributed by atoms with Crippen molar-refractivity contribution in [1.82, 2.24) is 20.4 Å². The van der Waals surface area contributed by atoms with Crippen LogP contribution in [0, 0.1) is 5.92 Å². The second-order valence-electron chi connectivity index (χ2n) is 6.05. The van der Waals surface area contributed by atoms with E-state index >= 15 is 0 Å². The van der Waals surface area contributed by atoms with Crippen LogP contribution in [-0.4, -0.2) is 74.7 Å². The van der Waals surface area contributed by atoms with E-state index in [2.05, 4.69) is 39.3 Å². The van der Waals surface area contributed by atoms with E-state index in [0.717, 1.165) is 25.0 Å². The quantitative estimate of drug-likeness (QED) is 0.411. The first-order valence-corrected chi connectivity index (χ1v) is 7.60. The molecule has 0 spiro atoms. The number of nitrogens with zero attached hydrogens (tertiary/aromatic N) is 3. The highest BCUT2D eigenvalue weighted by atomic mass is 127. The molecular weight excluding hydrogens is 365 g/mol. The lowest BCUT2D eigenvalue weighted by Crippen LogP contribution is -2.63. The van der Waals surface area contributed by atoms with Gasteiger partial charge in [-0.15, -0.1) is 24.0 Å². The highest BCUT2D eigenvalue weighted by molar-refractivity contribution is 14.0. The topological polar surface area (TPSA) is 42.9 Å². The molecule has 3 saturated heterocycles. The van der Waals surface area contributed by atoms with Crippen LogP contribution in [0.25, 0.3) is 0 Å². The maximum atomic E-state index is 4.29. The number of nitrogens with one attached hydrogen (secondary N) is 2. The summed E-state index contributed by atoms with van der Waals surface area (Å²) in [5.74, 6) is 1.68. The summed E-state index contributed by atoms with van der Waals surface area (Å²) >= 11 is 0. The Labute approximate surface area is 140 Å². The van der Waals surface area contributed by atoms with Crippen molar-refractivity contribution < 1.29 is 0 Å². The third-order valence-electron chi connectivity index (χ3n) is 4.14. The van der Waals surface area contributed by atoms with Gasteiger partial charge in [0.2, 0.25) is 0 Å². The minimum Gasteiger partial charge on any atom is -0.356 e. The van der Waals surface area contributed by atoms with Gasteiger partial charge in [0.05, 0.1) is 0 Å². The minimum absolute atomic E-state index is 0. The van der Waals surface area contributed by atoms with Crippen LogP contribution in [0.15, 0.2) is 4.99 Å². The van der Waals surface area contributed by atoms with Gasteiger partial charge in [-0.1, -0.05) is 13.8 Å². The van der Waals surface area contributed by atoms with Crippen molar-refractivity contribution in [3.63, 3.8) is 0 Å². The zero-order valence-electron chi connectivity index (χ0n) is 13.1. The molecule has 3 aliphatic heterocycles. The Kier molecular flexibility index (Phi) is 8.13. The first kappa shape index (κ1) is 18.0. The van der Waals surface area contributed by atoms with Crippen LogP contribution in [0.1, 0.15) is 20.3 Å². The van der Waals surface area contributed by atoms with Gasteiger partial charge in [0.1, 0.15) is 0 Å². The molecule has 0 saturated carbocycles. The number of piperazine rings is 3. The molecule has 3 fully saturated rings. The van der Waals surface area contributed by atoms with Gasteiger partial charge in [-0.2, -0.15) is 0 Å². The molecular formula is C14H30IN5. The van der Waals surface area contributed by atoms with Gasteiger partial charge in [-0.3, -0.25) is 14.8 Å². The predicted octanol–water partition coefficient (Wildman–Crippen LogP) is 0.815. The summed E-state index contributed by atoms with van der Waals surface area (Å²) < 4.78 is 0. The smallest absolute Gasteiger partial charge is 0.191 e. The third-order valence-corrected chi connectivity index (χ3v) is 4.14. The first-order chi connectivity index (χ1) is 9.19. The number of rotatable bonds is 5. The molecule has 6 heteroatoms. The SMILES string of the molecule is CN=C(NCCC(C)C)NCC1CN2CCN1CC2.I. The fourth-order valence-corrected chi connectivity index (χ4v) is 2.83. The Balaban J connectivity index is 0.00000200. The molecule has 3 heterocycles. The lowest BCUT2D eigenvalue weighted by molar-refractivity contribution is 0.0154. The maximum absolute atomic E-state index is 4.29. The van der Waals surface area contributed by atoms with Crippen molar-refractivity contribution in [2.24, 2.45) is 10.9 Å². The van der Waals surface area contributed by atoms with Crippen LogP contribution in [0.3, 0.4) is 0 Å². The minimum atomic E-state index is 0. The van der Waals surface area contributed by atoms with E-state index in [-0.39, 0.29) is 24.0 Å². The average Bonchev–Trinajstić information content (AvgIpc) is 2.43. The third kappa shape index (κ3) is 5.37. The summed E-state index contributed by atoms with van der Waals surface area (Å²) in [6.45, 7) is 12.6. The van der Waals surface area contributed by atoms with Crippen LogP contribution in [0.4, 0.5) is 0 Å². The molecule has 0 radical (unpaired) electrons. The summed E-state index contributed by atoms with van der Waals surface area (Å²) in [5.41, 5.74) is 0. The number of hydrogen-bond acceptors (Lipinski definition) is 3. The molecule has 0 aromatic carbocycles. The van der Waals surface area contributed by atoms with E-state index in [1.54, 1.807) is 0 Å². The van der Waals surface area contributed by atoms with E-state index in [0.29, 0.717) is 6.04 Å². The normalized spacial score (nSPS) is 29.2. The number of aliphatic imine (C=N–C) groups is 1. The van der Waals surface area contributed by atoms with Crippen molar-refractivity contribution in [2.45, 2.75) is 26.3 Å². The number of hydrogen-bond donors (Lipinski definition) is 2. The van der Waals surface area contributed by atoms with Gasteiger partial charge >= 0.3 is 0 Å². The molecule has 1 atom stereocenters. The van der Waals surface area contributed by atoms with Crippen LogP contribution in [0.2, 0.25) is 0 Å². The molecule has 0 aliphatic carbocycles. The van der Waals surface area contributed by atoms with Gasteiger partial charge in [0, 0.05) is 58.9 Å².